The van der Waals surface area contributed by atoms with Crippen LogP contribution >= 0.6 is 0 Å². The van der Waals surface area contributed by atoms with Crippen LogP contribution in [0, 0.1) is 25.6 Å². The number of rotatable bonds is 6. The van der Waals surface area contributed by atoms with Crippen LogP contribution in [0.15, 0.2) is 30.6 Å². The molecule has 3 aliphatic heterocycles. The fourth-order valence-electron chi connectivity index (χ4n) is 7.39. The standard InChI is InChI=1S/C31H45FN6O3S/c1-22-20-36(31(4)11-15-35(16-12-31)30(39)28-23(2)33-21-34-24(28)3)17-18-38(22)29(26-7-6-8-27(32)19-26)25-9-13-37(14-10-25)42(5,40)41/h6-8,19,21-22,25,29H,9-18,20H2,1-5H3/t22-,29+/m0/s1. The van der Waals surface area contributed by atoms with Crippen molar-refractivity contribution >= 4 is 15.9 Å². The number of hydrogen-bond acceptors (Lipinski definition) is 7. The highest BCUT2D eigenvalue weighted by Gasteiger charge is 2.43. The summed E-state index contributed by atoms with van der Waals surface area (Å²) in [7, 11) is -3.22. The SMILES string of the molecule is Cc1ncnc(C)c1C(=O)N1CCC(C)(N2CCN([C@@H](c3cccc(F)c3)C3CCN(S(C)(=O)=O)CC3)[C@@H](C)C2)CC1. The molecule has 3 saturated heterocycles. The number of aryl methyl sites for hydroxylation is 2. The van der Waals surface area contributed by atoms with Crippen LogP contribution in [0.5, 0.6) is 0 Å². The Morgan fingerprint density at radius 3 is 2.24 bits per heavy atom. The van der Waals surface area contributed by atoms with E-state index in [1.54, 1.807) is 16.4 Å². The zero-order valence-corrected chi connectivity index (χ0v) is 26.4. The second-order valence-corrected chi connectivity index (χ2v) is 14.7. The largest absolute Gasteiger partial charge is 0.338 e. The number of benzene rings is 1. The molecule has 3 aliphatic rings. The number of aromatic nitrogens is 2. The van der Waals surface area contributed by atoms with Crippen molar-refractivity contribution in [3.63, 3.8) is 0 Å². The highest BCUT2D eigenvalue weighted by molar-refractivity contribution is 7.88. The van der Waals surface area contributed by atoms with Crippen molar-refractivity contribution in [3.8, 4) is 0 Å². The minimum Gasteiger partial charge on any atom is -0.338 e. The number of carbonyl (C=O) groups is 1. The summed E-state index contributed by atoms with van der Waals surface area (Å²) < 4.78 is 40.3. The molecule has 0 N–H and O–H groups in total. The summed E-state index contributed by atoms with van der Waals surface area (Å²) in [5.41, 5.74) is 3.03. The van der Waals surface area contributed by atoms with Gasteiger partial charge in [0.05, 0.1) is 23.2 Å². The highest BCUT2D eigenvalue weighted by Crippen LogP contribution is 2.40. The number of nitrogens with zero attached hydrogens (tertiary/aromatic N) is 6. The number of amides is 1. The number of piperidine rings is 2. The van der Waals surface area contributed by atoms with Gasteiger partial charge in [0.25, 0.3) is 5.91 Å². The van der Waals surface area contributed by atoms with E-state index >= 15 is 0 Å². The van der Waals surface area contributed by atoms with Crippen molar-refractivity contribution < 1.29 is 17.6 Å². The zero-order chi connectivity index (χ0) is 30.2. The molecule has 2 aromatic rings. The number of hydrogen-bond donors (Lipinski definition) is 0. The topological polar surface area (TPSA) is 90.0 Å². The van der Waals surface area contributed by atoms with Crippen molar-refractivity contribution in [1.82, 2.24) is 29.0 Å². The summed E-state index contributed by atoms with van der Waals surface area (Å²) in [6, 6.07) is 7.21. The van der Waals surface area contributed by atoms with E-state index in [0.717, 1.165) is 62.3 Å². The molecule has 1 aromatic carbocycles. The molecule has 42 heavy (non-hydrogen) atoms. The van der Waals surface area contributed by atoms with E-state index in [2.05, 4.69) is 33.6 Å². The van der Waals surface area contributed by atoms with Crippen molar-refractivity contribution in [2.75, 3.05) is 52.1 Å². The van der Waals surface area contributed by atoms with Crippen LogP contribution in [0.25, 0.3) is 0 Å². The fourth-order valence-corrected chi connectivity index (χ4v) is 8.27. The zero-order valence-electron chi connectivity index (χ0n) is 25.6. The molecule has 9 nitrogen and oxygen atoms in total. The molecule has 1 amide bonds. The quantitative estimate of drug-likeness (QED) is 0.500. The third-order valence-electron chi connectivity index (χ3n) is 9.97. The lowest BCUT2D eigenvalue weighted by Gasteiger charge is -2.54. The van der Waals surface area contributed by atoms with Gasteiger partial charge in [-0.1, -0.05) is 12.1 Å². The predicted molar refractivity (Wildman–Crippen MR) is 161 cm³/mol. The van der Waals surface area contributed by atoms with Gasteiger partial charge in [0.1, 0.15) is 12.1 Å². The second-order valence-electron chi connectivity index (χ2n) is 12.7. The first-order valence-corrected chi connectivity index (χ1v) is 17.0. The molecule has 4 heterocycles. The van der Waals surface area contributed by atoms with Crippen LogP contribution in [0.4, 0.5) is 4.39 Å². The van der Waals surface area contributed by atoms with E-state index in [-0.39, 0.29) is 35.3 Å². The Balaban J connectivity index is 1.27. The van der Waals surface area contributed by atoms with Gasteiger partial charge < -0.3 is 4.90 Å². The Kier molecular flexibility index (Phi) is 9.04. The molecule has 11 heteroatoms. The molecule has 0 saturated carbocycles. The first-order valence-electron chi connectivity index (χ1n) is 15.2. The van der Waals surface area contributed by atoms with Crippen LogP contribution in [0.3, 0.4) is 0 Å². The summed E-state index contributed by atoms with van der Waals surface area (Å²) in [6.45, 7) is 13.4. The first-order chi connectivity index (χ1) is 19.9. The average Bonchev–Trinajstić information content (AvgIpc) is 2.94. The maximum atomic E-state index is 14.4. The van der Waals surface area contributed by atoms with E-state index in [0.29, 0.717) is 31.7 Å². The summed E-state index contributed by atoms with van der Waals surface area (Å²) in [5.74, 6) is 0.0295. The van der Waals surface area contributed by atoms with E-state index in [1.807, 2.05) is 24.8 Å². The van der Waals surface area contributed by atoms with Crippen molar-refractivity contribution in [2.45, 2.75) is 71.0 Å². The Hall–Kier alpha value is -2.47. The van der Waals surface area contributed by atoms with Gasteiger partial charge in [0.2, 0.25) is 10.0 Å². The van der Waals surface area contributed by atoms with Crippen molar-refractivity contribution in [3.05, 3.63) is 58.9 Å². The summed E-state index contributed by atoms with van der Waals surface area (Å²) in [4.78, 5) is 28.9. The normalized spacial score (nSPS) is 24.0. The Morgan fingerprint density at radius 2 is 1.67 bits per heavy atom. The Morgan fingerprint density at radius 1 is 1.02 bits per heavy atom. The van der Waals surface area contributed by atoms with Crippen molar-refractivity contribution in [2.24, 2.45) is 5.92 Å². The lowest BCUT2D eigenvalue weighted by atomic mass is 9.82. The van der Waals surface area contributed by atoms with E-state index in [4.69, 9.17) is 0 Å². The Bertz CT molecular complexity index is 1370. The molecule has 1 aromatic heterocycles. The number of halogens is 1. The van der Waals surface area contributed by atoms with Crippen LogP contribution in [0.1, 0.15) is 72.9 Å². The molecule has 0 radical (unpaired) electrons. The third kappa shape index (κ3) is 6.39. The molecular formula is C31H45FN6O3S. The van der Waals surface area contributed by atoms with Crippen LogP contribution in [-0.2, 0) is 10.0 Å². The lowest BCUT2D eigenvalue weighted by Crippen LogP contribution is -2.63. The maximum Gasteiger partial charge on any atom is 0.257 e. The van der Waals surface area contributed by atoms with E-state index < -0.39 is 10.0 Å². The monoisotopic (exact) mass is 600 g/mol. The van der Waals surface area contributed by atoms with Crippen molar-refractivity contribution in [1.29, 1.82) is 0 Å². The third-order valence-corrected chi connectivity index (χ3v) is 11.3. The number of likely N-dealkylation sites (tertiary alicyclic amines) is 1. The molecular weight excluding hydrogens is 555 g/mol. The fraction of sp³-hybridized carbons (Fsp3) is 0.645. The number of sulfonamides is 1. The molecule has 5 rings (SSSR count). The van der Waals surface area contributed by atoms with Gasteiger partial charge in [-0.25, -0.2) is 27.1 Å². The van der Waals surface area contributed by atoms with Gasteiger partial charge in [-0.05, 0) is 77.0 Å². The van der Waals surface area contributed by atoms with E-state index in [1.165, 1.54) is 18.6 Å². The minimum absolute atomic E-state index is 0.0103. The van der Waals surface area contributed by atoms with Gasteiger partial charge in [-0.2, -0.15) is 0 Å². The Labute approximate surface area is 250 Å². The number of piperazine rings is 1. The number of carbonyl (C=O) groups excluding carboxylic acids is 1. The van der Waals surface area contributed by atoms with Gasteiger partial charge in [0, 0.05) is 63.4 Å². The predicted octanol–water partition coefficient (Wildman–Crippen LogP) is 3.65. The van der Waals surface area contributed by atoms with Gasteiger partial charge >= 0.3 is 0 Å². The minimum atomic E-state index is -3.22. The van der Waals surface area contributed by atoms with Gasteiger partial charge in [-0.3, -0.25) is 14.6 Å². The second kappa shape index (κ2) is 12.3. The highest BCUT2D eigenvalue weighted by atomic mass is 32.2. The molecule has 0 bridgehead atoms. The first kappa shape index (κ1) is 31.0. The van der Waals surface area contributed by atoms with E-state index in [9.17, 15) is 17.6 Å². The van der Waals surface area contributed by atoms with Crippen LogP contribution in [-0.4, -0.2) is 107 Å². The summed E-state index contributed by atoms with van der Waals surface area (Å²) in [5, 5.41) is 0. The summed E-state index contributed by atoms with van der Waals surface area (Å²) >= 11 is 0. The lowest BCUT2D eigenvalue weighted by molar-refractivity contribution is -0.0421. The molecule has 0 aliphatic carbocycles. The maximum absolute atomic E-state index is 14.4. The summed E-state index contributed by atoms with van der Waals surface area (Å²) in [6.07, 6.45) is 6.09. The smallest absolute Gasteiger partial charge is 0.257 e. The average molecular weight is 601 g/mol. The molecule has 0 unspecified atom stereocenters. The van der Waals surface area contributed by atoms with Crippen LogP contribution in [0.2, 0.25) is 0 Å². The molecule has 0 spiro atoms. The molecule has 2 atom stereocenters. The molecule has 230 valence electrons. The molecule has 3 fully saturated rings. The van der Waals surface area contributed by atoms with Gasteiger partial charge in [0.15, 0.2) is 0 Å². The van der Waals surface area contributed by atoms with Gasteiger partial charge in [-0.15, -0.1) is 0 Å². The van der Waals surface area contributed by atoms with Crippen LogP contribution < -0.4 is 0 Å².